The van der Waals surface area contributed by atoms with E-state index in [2.05, 4.69) is 181 Å². The molecule has 2 aliphatic carbocycles. The van der Waals surface area contributed by atoms with Crippen molar-refractivity contribution in [2.24, 2.45) is 11.8 Å². The van der Waals surface area contributed by atoms with Gasteiger partial charge in [-0.3, -0.25) is 0 Å². The third kappa shape index (κ3) is 6.79. The van der Waals surface area contributed by atoms with Crippen LogP contribution >= 0.6 is 17.2 Å². The molecule has 305 valence electrons. The fourth-order valence-corrected chi connectivity index (χ4v) is 50.8. The van der Waals surface area contributed by atoms with Gasteiger partial charge in [0.1, 0.15) is 0 Å². The summed E-state index contributed by atoms with van der Waals surface area (Å²) in [5, 5.41) is 2.98. The number of benzene rings is 6. The molecular formula is C56H59Cl2HfSi. The predicted molar refractivity (Wildman–Crippen MR) is 263 cm³/mol. The molecular weight excluding hydrogens is 950 g/mol. The van der Waals surface area contributed by atoms with Crippen LogP contribution < -0.4 is 13.7 Å². The second-order valence-corrected chi connectivity index (χ2v) is 49.5. The van der Waals surface area contributed by atoms with Crippen molar-refractivity contribution in [1.29, 1.82) is 0 Å². The molecule has 0 saturated heterocycles. The van der Waals surface area contributed by atoms with Crippen LogP contribution in [-0.2, 0) is 29.0 Å². The molecule has 2 unspecified atom stereocenters. The third-order valence-electron chi connectivity index (χ3n) is 14.2. The van der Waals surface area contributed by atoms with Crippen molar-refractivity contribution in [1.82, 2.24) is 0 Å². The molecule has 0 N–H and O–H groups in total. The van der Waals surface area contributed by atoms with Crippen molar-refractivity contribution in [2.75, 3.05) is 0 Å². The molecule has 6 aromatic rings. The van der Waals surface area contributed by atoms with E-state index in [-0.39, 0.29) is 19.2 Å². The number of aryl methyl sites for hydroxylation is 2. The minimum atomic E-state index is -5.84. The third-order valence-corrected chi connectivity index (χ3v) is 45.6. The van der Waals surface area contributed by atoms with E-state index in [4.69, 9.17) is 0 Å². The average molecular weight is 1010 g/mol. The maximum atomic E-state index is 9.41. The SMILES string of the molecule is CCCCc1ccccc1-c1cccc2c1C=C(C(C)C)[CH]2[Hf]([Cl])([Cl])([c]1cccc2c1[SiH2]c1ccccc1-2)[CH]1C(C(C)C)=Cc2c(-c3ccccc3CCCC)cccc21. The summed E-state index contributed by atoms with van der Waals surface area (Å²) in [5.74, 6) is 0.517. The molecule has 4 heteroatoms. The molecule has 0 aromatic heterocycles. The molecule has 2 atom stereocenters. The normalized spacial score (nSPS) is 17.6. The minimum absolute atomic E-state index is 0.0918. The summed E-state index contributed by atoms with van der Waals surface area (Å²) in [6.07, 6.45) is 11.9. The van der Waals surface area contributed by atoms with Gasteiger partial charge in [0.2, 0.25) is 0 Å². The zero-order valence-electron chi connectivity index (χ0n) is 36.3. The Morgan fingerprint density at radius 3 is 1.43 bits per heavy atom. The molecule has 0 bridgehead atoms. The van der Waals surface area contributed by atoms with E-state index in [1.54, 1.807) is 0 Å². The van der Waals surface area contributed by atoms with E-state index in [0.717, 1.165) is 12.8 Å². The Balaban J connectivity index is 1.35. The molecule has 9 rings (SSSR count). The Kier molecular flexibility index (Phi) is 11.6. The monoisotopic (exact) mass is 1010 g/mol. The topological polar surface area (TPSA) is 0 Å². The number of hydrogen-bond acceptors (Lipinski definition) is 0. The van der Waals surface area contributed by atoms with E-state index < -0.39 is 25.7 Å². The second-order valence-electron chi connectivity index (χ2n) is 18.4. The van der Waals surface area contributed by atoms with Gasteiger partial charge in [0.15, 0.2) is 0 Å². The molecule has 0 nitrogen and oxygen atoms in total. The molecule has 0 spiro atoms. The molecule has 0 amide bonds. The van der Waals surface area contributed by atoms with E-state index in [1.165, 1.54) is 117 Å². The van der Waals surface area contributed by atoms with Crippen LogP contribution in [0.15, 0.2) is 139 Å². The van der Waals surface area contributed by atoms with E-state index >= 15 is 0 Å². The number of allylic oxidation sites excluding steroid dienone is 2. The summed E-state index contributed by atoms with van der Waals surface area (Å²) < 4.78 is 1.13. The van der Waals surface area contributed by atoms with Crippen LogP contribution in [0, 0.1) is 11.8 Å². The first-order valence-electron chi connectivity index (χ1n) is 22.7. The zero-order chi connectivity index (χ0) is 41.8. The van der Waals surface area contributed by atoms with Crippen molar-refractivity contribution in [3.63, 3.8) is 0 Å². The molecule has 1 aliphatic heterocycles. The van der Waals surface area contributed by atoms with Gasteiger partial charge in [-0.1, -0.05) is 0 Å². The molecule has 60 heavy (non-hydrogen) atoms. The van der Waals surface area contributed by atoms with Crippen LogP contribution in [0.3, 0.4) is 0 Å². The first kappa shape index (κ1) is 41.8. The van der Waals surface area contributed by atoms with Crippen molar-refractivity contribution in [2.45, 2.75) is 87.4 Å². The van der Waals surface area contributed by atoms with Crippen LogP contribution in [0.4, 0.5) is 0 Å². The maximum absolute atomic E-state index is 9.41. The van der Waals surface area contributed by atoms with Gasteiger partial charge in [0, 0.05) is 0 Å². The molecule has 0 fully saturated rings. The van der Waals surface area contributed by atoms with Crippen LogP contribution in [0.2, 0.25) is 0 Å². The van der Waals surface area contributed by atoms with Gasteiger partial charge in [-0.15, -0.1) is 0 Å². The summed E-state index contributed by atoms with van der Waals surface area (Å²) in [6.45, 7) is 14.1. The fraction of sp³-hybridized carbons (Fsp3) is 0.286. The van der Waals surface area contributed by atoms with Crippen molar-refractivity contribution in [3.05, 3.63) is 172 Å². The van der Waals surface area contributed by atoms with Gasteiger partial charge < -0.3 is 0 Å². The van der Waals surface area contributed by atoms with Crippen LogP contribution in [0.1, 0.15) is 108 Å². The quantitative estimate of drug-likeness (QED) is 0.101. The van der Waals surface area contributed by atoms with Gasteiger partial charge in [0.05, 0.1) is 0 Å². The van der Waals surface area contributed by atoms with Gasteiger partial charge in [-0.05, 0) is 0 Å². The summed E-state index contributed by atoms with van der Waals surface area (Å²) in [4.78, 5) is 0. The van der Waals surface area contributed by atoms with E-state index in [9.17, 15) is 17.2 Å². The molecule has 1 heterocycles. The molecule has 6 aromatic carbocycles. The van der Waals surface area contributed by atoms with Gasteiger partial charge >= 0.3 is 373 Å². The van der Waals surface area contributed by atoms with E-state index in [1.807, 2.05) is 0 Å². The predicted octanol–water partition coefficient (Wildman–Crippen LogP) is 14.0. The number of unbranched alkanes of at least 4 members (excludes halogenated alkanes) is 2. The number of halogens is 2. The fourth-order valence-electron chi connectivity index (χ4n) is 11.3. The zero-order valence-corrected chi connectivity index (χ0v) is 42.8. The average Bonchev–Trinajstić information content (AvgIpc) is 3.98. The van der Waals surface area contributed by atoms with Crippen LogP contribution in [-0.4, -0.2) is 9.52 Å². The Labute approximate surface area is 370 Å². The molecule has 3 aliphatic rings. The molecule has 0 radical (unpaired) electrons. The first-order chi connectivity index (χ1) is 29.1. The summed E-state index contributed by atoms with van der Waals surface area (Å²) in [7, 11) is 18.0. The number of rotatable bonds is 13. The van der Waals surface area contributed by atoms with Crippen molar-refractivity contribution < 1.29 is 16.1 Å². The van der Waals surface area contributed by atoms with E-state index in [0.29, 0.717) is 0 Å². The summed E-state index contributed by atoms with van der Waals surface area (Å²) in [5.41, 5.74) is 19.0. The van der Waals surface area contributed by atoms with Gasteiger partial charge in [0.25, 0.3) is 0 Å². The van der Waals surface area contributed by atoms with Crippen molar-refractivity contribution >= 4 is 52.5 Å². The standard InChI is InChI=1S/2C22H25.C12H9Si.2ClH.Hf/c2*1-4-5-9-17-10-6-7-12-20(17)21-13-8-11-18-14-19(16(2)3)15-22(18)21;1-3-7-11-9(5-1)10-6-2-4-8-12(10)13-11;;;/h2*6-8,10-16H,4-5,9H2,1-3H3;1-7H,13H2;2*1H;/q;;;;;+2/p-2. The summed E-state index contributed by atoms with van der Waals surface area (Å²) >= 11 is -5.84. The Morgan fingerprint density at radius 1 is 0.500 bits per heavy atom. The van der Waals surface area contributed by atoms with Gasteiger partial charge in [-0.25, -0.2) is 0 Å². The summed E-state index contributed by atoms with van der Waals surface area (Å²) in [6, 6.07) is 48.4. The van der Waals surface area contributed by atoms with Gasteiger partial charge in [-0.2, -0.15) is 0 Å². The first-order valence-corrected chi connectivity index (χ1v) is 39.0. The second kappa shape index (κ2) is 16.6. The van der Waals surface area contributed by atoms with Crippen LogP contribution in [0.5, 0.6) is 0 Å². The number of hydrogen-bond donors (Lipinski definition) is 0. The number of fused-ring (bicyclic) bond motifs is 5. The Bertz CT molecular complexity index is 2550. The Morgan fingerprint density at radius 2 is 0.933 bits per heavy atom. The Hall–Kier alpha value is -3.53. The molecule has 0 saturated carbocycles. The van der Waals surface area contributed by atoms with Crippen LogP contribution in [0.25, 0.3) is 45.5 Å². The van der Waals surface area contributed by atoms with Crippen molar-refractivity contribution in [3.8, 4) is 33.4 Å².